The second-order valence-corrected chi connectivity index (χ2v) is 5.42. The van der Waals surface area contributed by atoms with E-state index >= 15 is 0 Å². The van der Waals surface area contributed by atoms with Gasteiger partial charge in [0.25, 0.3) is 0 Å². The van der Waals surface area contributed by atoms with Crippen molar-refractivity contribution in [2.75, 3.05) is 0 Å². The number of thiol groups is 1. The van der Waals surface area contributed by atoms with Crippen LogP contribution in [0.15, 0.2) is 26.9 Å². The molecular weight excluding hydrogens is 266 g/mol. The zero-order valence-corrected chi connectivity index (χ0v) is 9.71. The molecule has 0 atom stereocenters. The van der Waals surface area contributed by atoms with Crippen LogP contribution in [0.5, 0.6) is 0 Å². The second-order valence-electron chi connectivity index (χ2n) is 2.54. The third-order valence-electron chi connectivity index (χ3n) is 1.75. The van der Waals surface area contributed by atoms with E-state index < -0.39 is 0 Å². The number of hydrogen-bond donors (Lipinski definition) is 1. The number of hydrogen-bond acceptors (Lipinski definition) is 3. The lowest BCUT2D eigenvalue weighted by Crippen LogP contribution is -1.76. The van der Waals surface area contributed by atoms with Crippen molar-refractivity contribution >= 4 is 50.0 Å². The molecule has 0 spiro atoms. The highest BCUT2D eigenvalue weighted by atomic mass is 79.9. The second kappa shape index (κ2) is 3.33. The van der Waals surface area contributed by atoms with Crippen LogP contribution in [0.3, 0.4) is 0 Å². The zero-order chi connectivity index (χ0) is 9.42. The molecule has 1 nitrogen and oxygen atoms in total. The molecule has 1 heterocycles. The molecule has 0 aliphatic heterocycles. The van der Waals surface area contributed by atoms with Crippen molar-refractivity contribution in [3.63, 3.8) is 0 Å². The average Bonchev–Trinajstić information content (AvgIpc) is 2.47. The standard InChI is InChI=1S/C9H4BrNS2/c10-7-3-5-1-2-6(4-11)8(12)9(5)13-7/h1-3,12H. The van der Waals surface area contributed by atoms with E-state index in [1.807, 2.05) is 12.1 Å². The van der Waals surface area contributed by atoms with E-state index in [4.69, 9.17) is 5.26 Å². The Morgan fingerprint density at radius 2 is 2.23 bits per heavy atom. The molecule has 0 unspecified atom stereocenters. The summed E-state index contributed by atoms with van der Waals surface area (Å²) in [7, 11) is 0. The van der Waals surface area contributed by atoms with Gasteiger partial charge in [-0.25, -0.2) is 0 Å². The highest BCUT2D eigenvalue weighted by Crippen LogP contribution is 2.35. The van der Waals surface area contributed by atoms with Gasteiger partial charge in [-0.3, -0.25) is 0 Å². The van der Waals surface area contributed by atoms with E-state index in [1.165, 1.54) is 0 Å². The molecule has 0 fully saturated rings. The van der Waals surface area contributed by atoms with Crippen molar-refractivity contribution in [3.05, 3.63) is 27.5 Å². The summed E-state index contributed by atoms with van der Waals surface area (Å²) in [6, 6.07) is 7.88. The number of benzene rings is 1. The minimum atomic E-state index is 0.630. The van der Waals surface area contributed by atoms with Crippen molar-refractivity contribution in [1.29, 1.82) is 5.26 Å². The molecule has 13 heavy (non-hydrogen) atoms. The van der Waals surface area contributed by atoms with Crippen LogP contribution in [-0.2, 0) is 0 Å². The van der Waals surface area contributed by atoms with Gasteiger partial charge in [-0.15, -0.1) is 24.0 Å². The Balaban J connectivity index is 2.87. The maximum absolute atomic E-state index is 8.78. The predicted octanol–water partition coefficient (Wildman–Crippen LogP) is 3.82. The Morgan fingerprint density at radius 1 is 1.46 bits per heavy atom. The van der Waals surface area contributed by atoms with Crippen molar-refractivity contribution in [1.82, 2.24) is 0 Å². The summed E-state index contributed by atoms with van der Waals surface area (Å²) in [6.07, 6.45) is 0. The molecule has 0 radical (unpaired) electrons. The van der Waals surface area contributed by atoms with Gasteiger partial charge in [-0.1, -0.05) is 6.07 Å². The van der Waals surface area contributed by atoms with Crippen molar-refractivity contribution < 1.29 is 0 Å². The van der Waals surface area contributed by atoms with E-state index in [0.717, 1.165) is 18.8 Å². The van der Waals surface area contributed by atoms with Crippen molar-refractivity contribution in [2.24, 2.45) is 0 Å². The molecule has 64 valence electrons. The molecule has 0 bridgehead atoms. The molecule has 0 saturated heterocycles. The number of fused-ring (bicyclic) bond motifs is 1. The molecule has 0 N–H and O–H groups in total. The van der Waals surface area contributed by atoms with Crippen LogP contribution < -0.4 is 0 Å². The van der Waals surface area contributed by atoms with Crippen LogP contribution in [-0.4, -0.2) is 0 Å². The highest BCUT2D eigenvalue weighted by Gasteiger charge is 2.06. The maximum atomic E-state index is 8.78. The van der Waals surface area contributed by atoms with Gasteiger partial charge in [0.2, 0.25) is 0 Å². The largest absolute Gasteiger partial charge is 0.192 e. The minimum Gasteiger partial charge on any atom is -0.192 e. The maximum Gasteiger partial charge on any atom is 0.100 e. The summed E-state index contributed by atoms with van der Waals surface area (Å²) < 4.78 is 2.13. The number of nitrogens with zero attached hydrogens (tertiary/aromatic N) is 1. The number of thiophene rings is 1. The number of nitriles is 1. The fourth-order valence-electron chi connectivity index (χ4n) is 1.15. The third-order valence-corrected chi connectivity index (χ3v) is 4.04. The molecule has 0 aliphatic rings. The van der Waals surface area contributed by atoms with Gasteiger partial charge < -0.3 is 0 Å². The van der Waals surface area contributed by atoms with Crippen LogP contribution in [0.4, 0.5) is 0 Å². The predicted molar refractivity (Wildman–Crippen MR) is 61.5 cm³/mol. The van der Waals surface area contributed by atoms with Crippen LogP contribution >= 0.6 is 39.9 Å². The Labute approximate surface area is 93.5 Å². The molecular formula is C9H4BrNS2. The average molecular weight is 270 g/mol. The van der Waals surface area contributed by atoms with Gasteiger partial charge in [-0.2, -0.15) is 5.26 Å². The SMILES string of the molecule is N#Cc1ccc2cc(Br)sc2c1S. The van der Waals surface area contributed by atoms with Crippen LogP contribution in [0.1, 0.15) is 5.56 Å². The van der Waals surface area contributed by atoms with Gasteiger partial charge in [0.05, 0.1) is 14.0 Å². The first-order valence-electron chi connectivity index (χ1n) is 3.53. The summed E-state index contributed by atoms with van der Waals surface area (Å²) in [5.74, 6) is 0. The van der Waals surface area contributed by atoms with Crippen LogP contribution in [0.2, 0.25) is 0 Å². The summed E-state index contributed by atoms with van der Waals surface area (Å²) in [5.41, 5.74) is 0.630. The lowest BCUT2D eigenvalue weighted by atomic mass is 10.2. The molecule has 1 aromatic heterocycles. The lowest BCUT2D eigenvalue weighted by molar-refractivity contribution is 1.43. The van der Waals surface area contributed by atoms with E-state index in [0.29, 0.717) is 5.56 Å². The van der Waals surface area contributed by atoms with Crippen molar-refractivity contribution in [2.45, 2.75) is 4.90 Å². The molecule has 1 aromatic carbocycles. The summed E-state index contributed by atoms with van der Waals surface area (Å²) in [4.78, 5) is 0.774. The smallest absolute Gasteiger partial charge is 0.100 e. The summed E-state index contributed by atoms with van der Waals surface area (Å²) in [6.45, 7) is 0. The molecule has 0 aliphatic carbocycles. The number of rotatable bonds is 0. The van der Waals surface area contributed by atoms with Gasteiger partial charge >= 0.3 is 0 Å². The molecule has 0 amide bonds. The first-order chi connectivity index (χ1) is 6.22. The first-order valence-corrected chi connectivity index (χ1v) is 5.59. The summed E-state index contributed by atoms with van der Waals surface area (Å²) >= 11 is 9.33. The van der Waals surface area contributed by atoms with Gasteiger partial charge in [-0.05, 0) is 33.4 Å². The van der Waals surface area contributed by atoms with E-state index in [-0.39, 0.29) is 0 Å². The molecule has 0 saturated carbocycles. The zero-order valence-electron chi connectivity index (χ0n) is 6.41. The van der Waals surface area contributed by atoms with Gasteiger partial charge in [0.1, 0.15) is 6.07 Å². The topological polar surface area (TPSA) is 23.8 Å². The van der Waals surface area contributed by atoms with Gasteiger partial charge in [0, 0.05) is 4.90 Å². The quantitative estimate of drug-likeness (QED) is 0.723. The molecule has 4 heteroatoms. The first kappa shape index (κ1) is 9.07. The van der Waals surface area contributed by atoms with E-state index in [2.05, 4.69) is 34.6 Å². The highest BCUT2D eigenvalue weighted by molar-refractivity contribution is 9.11. The monoisotopic (exact) mass is 269 g/mol. The van der Waals surface area contributed by atoms with E-state index in [9.17, 15) is 0 Å². The molecule has 2 rings (SSSR count). The Kier molecular flexibility index (Phi) is 2.33. The van der Waals surface area contributed by atoms with Crippen LogP contribution in [0.25, 0.3) is 10.1 Å². The summed E-state index contributed by atoms with van der Waals surface area (Å²) in [5, 5.41) is 9.90. The Hall–Kier alpha value is -0.500. The molecule has 2 aromatic rings. The lowest BCUT2D eigenvalue weighted by Gasteiger charge is -1.95. The minimum absolute atomic E-state index is 0.630. The normalized spacial score (nSPS) is 10.2. The van der Waals surface area contributed by atoms with Crippen molar-refractivity contribution in [3.8, 4) is 6.07 Å². The Bertz CT molecular complexity index is 510. The van der Waals surface area contributed by atoms with Crippen LogP contribution in [0, 0.1) is 11.3 Å². The fourth-order valence-corrected chi connectivity index (χ4v) is 3.10. The fraction of sp³-hybridized carbons (Fsp3) is 0. The third kappa shape index (κ3) is 1.48. The van der Waals surface area contributed by atoms with E-state index in [1.54, 1.807) is 17.4 Å². The Morgan fingerprint density at radius 3 is 2.92 bits per heavy atom. The van der Waals surface area contributed by atoms with Gasteiger partial charge in [0.15, 0.2) is 0 Å². The number of halogens is 1.